The summed E-state index contributed by atoms with van der Waals surface area (Å²) < 4.78 is 5.46. The summed E-state index contributed by atoms with van der Waals surface area (Å²) in [7, 11) is 0. The first kappa shape index (κ1) is 11.1. The second-order valence-electron chi connectivity index (χ2n) is 4.51. The number of carbonyl (C=O) groups excluding carboxylic acids is 1. The molecule has 0 radical (unpaired) electrons. The van der Waals surface area contributed by atoms with Crippen LogP contribution in [0.2, 0.25) is 0 Å². The number of fused-ring (bicyclic) bond motifs is 1. The fourth-order valence-electron chi connectivity index (χ4n) is 2.28. The van der Waals surface area contributed by atoms with E-state index in [1.165, 1.54) is 5.56 Å². The van der Waals surface area contributed by atoms with Gasteiger partial charge >= 0.3 is 0 Å². The van der Waals surface area contributed by atoms with Crippen molar-refractivity contribution in [3.05, 3.63) is 47.7 Å². The summed E-state index contributed by atoms with van der Waals surface area (Å²) in [6, 6.07) is 6.03. The van der Waals surface area contributed by atoms with Crippen LogP contribution < -0.4 is 0 Å². The van der Waals surface area contributed by atoms with Crippen LogP contribution in [-0.2, 0) is 6.42 Å². The molecule has 0 saturated carbocycles. The van der Waals surface area contributed by atoms with Crippen LogP contribution in [0.4, 0.5) is 0 Å². The molecule has 0 atom stereocenters. The number of furan rings is 1. The number of nitrogens with zero attached hydrogens (tertiary/aromatic N) is 1. The van der Waals surface area contributed by atoms with Crippen molar-refractivity contribution >= 4 is 16.9 Å². The minimum absolute atomic E-state index is 0.0482. The SMILES string of the molecule is CCc1ccc2occ(C(=O)N3CC=CC3)c2c1. The molecule has 0 fully saturated rings. The third-order valence-corrected chi connectivity index (χ3v) is 3.38. The molecule has 0 unspecified atom stereocenters. The van der Waals surface area contributed by atoms with Crippen LogP contribution >= 0.6 is 0 Å². The number of aryl methyl sites for hydroxylation is 1. The normalized spacial score (nSPS) is 14.6. The average Bonchev–Trinajstić information content (AvgIpc) is 3.06. The van der Waals surface area contributed by atoms with Crippen molar-refractivity contribution in [1.82, 2.24) is 4.90 Å². The van der Waals surface area contributed by atoms with Gasteiger partial charge in [0.1, 0.15) is 11.8 Å². The smallest absolute Gasteiger partial charge is 0.258 e. The van der Waals surface area contributed by atoms with E-state index in [9.17, 15) is 4.79 Å². The van der Waals surface area contributed by atoms with E-state index in [0.29, 0.717) is 18.7 Å². The Labute approximate surface area is 106 Å². The molecule has 1 aliphatic heterocycles. The van der Waals surface area contributed by atoms with Gasteiger partial charge in [0.2, 0.25) is 0 Å². The molecule has 0 saturated heterocycles. The highest BCUT2D eigenvalue weighted by atomic mass is 16.3. The van der Waals surface area contributed by atoms with E-state index in [1.807, 2.05) is 29.2 Å². The molecule has 0 N–H and O–H groups in total. The zero-order chi connectivity index (χ0) is 12.5. The predicted octanol–water partition coefficient (Wildman–Crippen LogP) is 3.01. The monoisotopic (exact) mass is 241 g/mol. The molecule has 0 spiro atoms. The van der Waals surface area contributed by atoms with E-state index < -0.39 is 0 Å². The van der Waals surface area contributed by atoms with Crippen LogP contribution in [0.25, 0.3) is 11.0 Å². The van der Waals surface area contributed by atoms with Gasteiger partial charge in [-0.05, 0) is 24.1 Å². The highest BCUT2D eigenvalue weighted by Gasteiger charge is 2.20. The lowest BCUT2D eigenvalue weighted by molar-refractivity contribution is 0.0801. The number of hydrogen-bond acceptors (Lipinski definition) is 2. The minimum Gasteiger partial charge on any atom is -0.463 e. The lowest BCUT2D eigenvalue weighted by atomic mass is 10.1. The molecule has 1 amide bonds. The Morgan fingerprint density at radius 2 is 2.11 bits per heavy atom. The summed E-state index contributed by atoms with van der Waals surface area (Å²) in [6.07, 6.45) is 6.56. The first-order valence-electron chi connectivity index (χ1n) is 6.24. The molecule has 0 aliphatic carbocycles. The zero-order valence-corrected chi connectivity index (χ0v) is 10.3. The number of carbonyl (C=O) groups is 1. The van der Waals surface area contributed by atoms with E-state index in [-0.39, 0.29) is 5.91 Å². The van der Waals surface area contributed by atoms with Gasteiger partial charge in [-0.1, -0.05) is 25.1 Å². The molecule has 2 heterocycles. The van der Waals surface area contributed by atoms with E-state index in [2.05, 4.69) is 13.0 Å². The van der Waals surface area contributed by atoms with Crippen molar-refractivity contribution in [2.45, 2.75) is 13.3 Å². The van der Waals surface area contributed by atoms with Gasteiger partial charge in [0.15, 0.2) is 0 Å². The molecule has 1 aromatic carbocycles. The Morgan fingerprint density at radius 1 is 1.33 bits per heavy atom. The topological polar surface area (TPSA) is 33.5 Å². The number of amides is 1. The summed E-state index contributed by atoms with van der Waals surface area (Å²) >= 11 is 0. The van der Waals surface area contributed by atoms with Gasteiger partial charge in [-0.3, -0.25) is 4.79 Å². The first-order chi connectivity index (χ1) is 8.79. The maximum absolute atomic E-state index is 12.3. The van der Waals surface area contributed by atoms with Gasteiger partial charge in [0, 0.05) is 18.5 Å². The number of benzene rings is 1. The largest absolute Gasteiger partial charge is 0.463 e. The van der Waals surface area contributed by atoms with Gasteiger partial charge in [-0.2, -0.15) is 0 Å². The lowest BCUT2D eigenvalue weighted by Gasteiger charge is -2.14. The van der Waals surface area contributed by atoms with Gasteiger partial charge in [-0.25, -0.2) is 0 Å². The van der Waals surface area contributed by atoms with E-state index >= 15 is 0 Å². The van der Waals surface area contributed by atoms with Crippen molar-refractivity contribution in [3.8, 4) is 0 Å². The van der Waals surface area contributed by atoms with Crippen LogP contribution in [0, 0.1) is 0 Å². The molecule has 2 aromatic rings. The fraction of sp³-hybridized carbons (Fsp3) is 0.267. The molecule has 1 aliphatic rings. The second-order valence-corrected chi connectivity index (χ2v) is 4.51. The van der Waals surface area contributed by atoms with Crippen LogP contribution in [0.5, 0.6) is 0 Å². The Morgan fingerprint density at radius 3 is 2.83 bits per heavy atom. The quantitative estimate of drug-likeness (QED) is 0.757. The second kappa shape index (κ2) is 4.33. The Kier molecular flexibility index (Phi) is 2.67. The molecular weight excluding hydrogens is 226 g/mol. The standard InChI is InChI=1S/C15H15NO2/c1-2-11-5-6-14-12(9-11)13(10-18-14)15(17)16-7-3-4-8-16/h3-6,9-10H,2,7-8H2,1H3. The van der Waals surface area contributed by atoms with E-state index in [0.717, 1.165) is 17.4 Å². The molecule has 0 bridgehead atoms. The Hall–Kier alpha value is -2.03. The van der Waals surface area contributed by atoms with Crippen molar-refractivity contribution in [2.24, 2.45) is 0 Å². The highest BCUT2D eigenvalue weighted by Crippen LogP contribution is 2.24. The third kappa shape index (κ3) is 1.72. The fourth-order valence-corrected chi connectivity index (χ4v) is 2.28. The van der Waals surface area contributed by atoms with Crippen LogP contribution in [0.15, 0.2) is 41.0 Å². The van der Waals surface area contributed by atoms with Crippen LogP contribution in [0.3, 0.4) is 0 Å². The van der Waals surface area contributed by atoms with Gasteiger partial charge in [0.05, 0.1) is 5.56 Å². The van der Waals surface area contributed by atoms with Gasteiger partial charge < -0.3 is 9.32 Å². The molecule has 3 heteroatoms. The molecular formula is C15H15NO2. The van der Waals surface area contributed by atoms with Crippen molar-refractivity contribution < 1.29 is 9.21 Å². The number of hydrogen-bond donors (Lipinski definition) is 0. The molecule has 3 nitrogen and oxygen atoms in total. The summed E-state index contributed by atoms with van der Waals surface area (Å²) in [6.45, 7) is 3.49. The average molecular weight is 241 g/mol. The van der Waals surface area contributed by atoms with Gasteiger partial charge in [0.25, 0.3) is 5.91 Å². The molecule has 18 heavy (non-hydrogen) atoms. The maximum atomic E-state index is 12.3. The van der Waals surface area contributed by atoms with Crippen LogP contribution in [-0.4, -0.2) is 23.9 Å². The highest BCUT2D eigenvalue weighted by molar-refractivity contribution is 6.06. The van der Waals surface area contributed by atoms with Crippen molar-refractivity contribution in [3.63, 3.8) is 0 Å². The summed E-state index contributed by atoms with van der Waals surface area (Å²) in [5, 5.41) is 0.922. The Balaban J connectivity index is 2.03. The molecule has 3 rings (SSSR count). The zero-order valence-electron chi connectivity index (χ0n) is 10.3. The van der Waals surface area contributed by atoms with E-state index in [1.54, 1.807) is 6.26 Å². The molecule has 92 valence electrons. The van der Waals surface area contributed by atoms with Gasteiger partial charge in [-0.15, -0.1) is 0 Å². The first-order valence-corrected chi connectivity index (χ1v) is 6.24. The maximum Gasteiger partial charge on any atom is 0.258 e. The summed E-state index contributed by atoms with van der Waals surface area (Å²) in [5.74, 6) is 0.0482. The number of rotatable bonds is 2. The van der Waals surface area contributed by atoms with Crippen LogP contribution in [0.1, 0.15) is 22.8 Å². The van der Waals surface area contributed by atoms with Crippen molar-refractivity contribution in [2.75, 3.05) is 13.1 Å². The lowest BCUT2D eigenvalue weighted by Crippen LogP contribution is -2.27. The Bertz CT molecular complexity index is 616. The predicted molar refractivity (Wildman–Crippen MR) is 70.6 cm³/mol. The summed E-state index contributed by atoms with van der Waals surface area (Å²) in [5.41, 5.74) is 2.67. The minimum atomic E-state index is 0.0482. The van der Waals surface area contributed by atoms with Crippen molar-refractivity contribution in [1.29, 1.82) is 0 Å². The third-order valence-electron chi connectivity index (χ3n) is 3.38. The summed E-state index contributed by atoms with van der Waals surface area (Å²) in [4.78, 5) is 14.2. The molecule has 1 aromatic heterocycles. The van der Waals surface area contributed by atoms with E-state index in [4.69, 9.17) is 4.42 Å².